The molecular weight excluding hydrogens is 410 g/mol. The van der Waals surface area contributed by atoms with Gasteiger partial charge in [0.15, 0.2) is 11.4 Å². The van der Waals surface area contributed by atoms with Crippen LogP contribution < -0.4 is 14.8 Å². The Labute approximate surface area is 165 Å². The molecule has 1 aliphatic rings. The van der Waals surface area contributed by atoms with Gasteiger partial charge in [0.2, 0.25) is 0 Å². The molecule has 1 aromatic heterocycles. The minimum absolute atomic E-state index is 0.148. The first-order valence-corrected chi connectivity index (χ1v) is 9.37. The predicted molar refractivity (Wildman–Crippen MR) is 105 cm³/mol. The minimum atomic E-state index is -0.278. The first kappa shape index (κ1) is 17.6. The fourth-order valence-corrected chi connectivity index (χ4v) is 3.50. The number of ether oxygens (including phenoxy) is 2. The molecule has 138 valence electrons. The number of aromatic nitrogens is 2. The number of fused-ring (bicyclic) bond motifs is 1. The predicted octanol–water partition coefficient (Wildman–Crippen LogP) is 3.90. The van der Waals surface area contributed by atoms with Crippen LogP contribution in [0, 0.1) is 0 Å². The van der Waals surface area contributed by atoms with Gasteiger partial charge in [0, 0.05) is 16.5 Å². The molecule has 0 radical (unpaired) electrons. The lowest BCUT2D eigenvalue weighted by Crippen LogP contribution is -2.32. The number of halogens is 1. The van der Waals surface area contributed by atoms with Crippen molar-refractivity contribution in [3.63, 3.8) is 0 Å². The van der Waals surface area contributed by atoms with Crippen LogP contribution in [0.25, 0.3) is 5.69 Å². The van der Waals surface area contributed by atoms with E-state index in [2.05, 4.69) is 26.3 Å². The molecule has 0 aliphatic carbocycles. The maximum absolute atomic E-state index is 12.9. The normalized spacial score (nSPS) is 15.6. The summed E-state index contributed by atoms with van der Waals surface area (Å²) < 4.78 is 13.6. The zero-order chi connectivity index (χ0) is 18.8. The lowest BCUT2D eigenvalue weighted by atomic mass is 10.0. The highest BCUT2D eigenvalue weighted by Gasteiger charge is 2.26. The summed E-state index contributed by atoms with van der Waals surface area (Å²) in [5.41, 5.74) is 2.06. The van der Waals surface area contributed by atoms with E-state index in [0.717, 1.165) is 21.5 Å². The summed E-state index contributed by atoms with van der Waals surface area (Å²) in [6, 6.07) is 15.2. The smallest absolute Gasteiger partial charge is 0.276 e. The van der Waals surface area contributed by atoms with Crippen LogP contribution in [-0.2, 0) is 0 Å². The summed E-state index contributed by atoms with van der Waals surface area (Å²) in [4.78, 5) is 12.9. The van der Waals surface area contributed by atoms with Gasteiger partial charge < -0.3 is 14.8 Å². The molecule has 1 aliphatic heterocycles. The molecule has 2 aromatic carbocycles. The topological polar surface area (TPSA) is 65.4 Å². The Bertz CT molecular complexity index is 972. The maximum atomic E-state index is 12.9. The largest absolute Gasteiger partial charge is 0.493 e. The number of para-hydroxylation sites is 1. The Morgan fingerprint density at radius 2 is 2.11 bits per heavy atom. The maximum Gasteiger partial charge on any atom is 0.276 e. The fourth-order valence-electron chi connectivity index (χ4n) is 3.12. The highest BCUT2D eigenvalue weighted by molar-refractivity contribution is 9.10. The van der Waals surface area contributed by atoms with Crippen molar-refractivity contribution in [1.29, 1.82) is 0 Å². The molecule has 1 atom stereocenters. The van der Waals surface area contributed by atoms with E-state index < -0.39 is 0 Å². The van der Waals surface area contributed by atoms with E-state index in [0.29, 0.717) is 18.8 Å². The van der Waals surface area contributed by atoms with Crippen molar-refractivity contribution in [3.8, 4) is 17.2 Å². The Balaban J connectivity index is 1.61. The molecule has 0 saturated heterocycles. The van der Waals surface area contributed by atoms with E-state index in [-0.39, 0.29) is 17.6 Å². The molecular formula is C20H18BrN3O3. The molecule has 27 heavy (non-hydrogen) atoms. The van der Waals surface area contributed by atoms with Gasteiger partial charge in [-0.15, -0.1) is 0 Å². The van der Waals surface area contributed by atoms with Crippen LogP contribution in [0.2, 0.25) is 0 Å². The number of carbonyl (C=O) groups is 1. The number of amides is 1. The van der Waals surface area contributed by atoms with Crippen LogP contribution in [-0.4, -0.2) is 29.4 Å². The molecule has 0 fully saturated rings. The molecule has 3 aromatic rings. The number of hydrogen-bond donors (Lipinski definition) is 1. The number of nitrogens with one attached hydrogen (secondary N) is 1. The second-order valence-corrected chi connectivity index (χ2v) is 7.09. The Kier molecular flexibility index (Phi) is 4.85. The summed E-state index contributed by atoms with van der Waals surface area (Å²) >= 11 is 3.48. The van der Waals surface area contributed by atoms with Crippen LogP contribution in [0.3, 0.4) is 0 Å². The molecule has 6 nitrogen and oxygen atoms in total. The summed E-state index contributed by atoms with van der Waals surface area (Å²) in [5, 5.41) is 7.49. The average molecular weight is 428 g/mol. The summed E-state index contributed by atoms with van der Waals surface area (Å²) in [5.74, 6) is 0.939. The van der Waals surface area contributed by atoms with Crippen molar-refractivity contribution in [1.82, 2.24) is 15.1 Å². The van der Waals surface area contributed by atoms with Gasteiger partial charge in [-0.05, 0) is 30.3 Å². The lowest BCUT2D eigenvalue weighted by molar-refractivity contribution is 0.0916. The molecule has 1 unspecified atom stereocenters. The third kappa shape index (κ3) is 3.55. The summed E-state index contributed by atoms with van der Waals surface area (Å²) in [6.07, 6.45) is 2.40. The highest BCUT2D eigenvalue weighted by Crippen LogP contribution is 2.34. The van der Waals surface area contributed by atoms with Gasteiger partial charge in [0.1, 0.15) is 5.75 Å². The molecule has 4 rings (SSSR count). The number of rotatable bonds is 4. The molecule has 0 saturated carbocycles. The third-order valence-electron chi connectivity index (χ3n) is 4.45. The van der Waals surface area contributed by atoms with Crippen molar-refractivity contribution in [2.75, 3.05) is 13.7 Å². The Morgan fingerprint density at radius 3 is 2.89 bits per heavy atom. The molecule has 7 heteroatoms. The zero-order valence-corrected chi connectivity index (χ0v) is 16.3. The second kappa shape index (κ2) is 7.44. The van der Waals surface area contributed by atoms with Gasteiger partial charge in [-0.3, -0.25) is 4.79 Å². The first-order valence-electron chi connectivity index (χ1n) is 8.58. The number of methoxy groups -OCH3 is 1. The number of benzene rings is 2. The van der Waals surface area contributed by atoms with Crippen LogP contribution in [0.5, 0.6) is 11.5 Å². The van der Waals surface area contributed by atoms with E-state index in [9.17, 15) is 4.79 Å². The van der Waals surface area contributed by atoms with Gasteiger partial charge in [-0.1, -0.05) is 34.1 Å². The number of hydrogen-bond acceptors (Lipinski definition) is 4. The van der Waals surface area contributed by atoms with Crippen LogP contribution >= 0.6 is 15.9 Å². The molecule has 2 heterocycles. The van der Waals surface area contributed by atoms with Crippen LogP contribution in [0.1, 0.15) is 28.5 Å². The highest BCUT2D eigenvalue weighted by atomic mass is 79.9. The average Bonchev–Trinajstić information content (AvgIpc) is 3.14. The summed E-state index contributed by atoms with van der Waals surface area (Å²) in [6.45, 7) is 0.551. The monoisotopic (exact) mass is 427 g/mol. The van der Waals surface area contributed by atoms with E-state index in [4.69, 9.17) is 9.47 Å². The van der Waals surface area contributed by atoms with E-state index in [1.165, 1.54) is 7.11 Å². The van der Waals surface area contributed by atoms with E-state index >= 15 is 0 Å². The Hall–Kier alpha value is -2.80. The fraction of sp³-hybridized carbons (Fsp3) is 0.200. The number of nitrogens with zero attached hydrogens (tertiary/aromatic N) is 2. The number of carbonyl (C=O) groups excluding carboxylic acids is 1. The second-order valence-electron chi connectivity index (χ2n) is 6.17. The van der Waals surface area contributed by atoms with Crippen molar-refractivity contribution in [2.24, 2.45) is 0 Å². The van der Waals surface area contributed by atoms with Crippen molar-refractivity contribution >= 4 is 21.8 Å². The quantitative estimate of drug-likeness (QED) is 0.685. The SMILES string of the molecule is COc1cn(-c2ccccc2)nc1C(=O)NC1CCOc2ccc(Br)cc21. The van der Waals surface area contributed by atoms with Crippen molar-refractivity contribution in [3.05, 3.63) is 70.5 Å². The molecule has 0 spiro atoms. The molecule has 1 amide bonds. The zero-order valence-electron chi connectivity index (χ0n) is 14.7. The first-order chi connectivity index (χ1) is 13.2. The third-order valence-corrected chi connectivity index (χ3v) is 4.95. The minimum Gasteiger partial charge on any atom is -0.493 e. The van der Waals surface area contributed by atoms with E-state index in [1.54, 1.807) is 10.9 Å². The Morgan fingerprint density at radius 1 is 1.30 bits per heavy atom. The van der Waals surface area contributed by atoms with Crippen LogP contribution in [0.4, 0.5) is 0 Å². The molecule has 0 bridgehead atoms. The van der Waals surface area contributed by atoms with Gasteiger partial charge in [-0.2, -0.15) is 5.10 Å². The van der Waals surface area contributed by atoms with E-state index in [1.807, 2.05) is 48.5 Å². The molecule has 1 N–H and O–H groups in total. The van der Waals surface area contributed by atoms with Gasteiger partial charge in [0.05, 0.1) is 31.6 Å². The van der Waals surface area contributed by atoms with Crippen LogP contribution in [0.15, 0.2) is 59.2 Å². The van der Waals surface area contributed by atoms with Gasteiger partial charge in [0.25, 0.3) is 5.91 Å². The van der Waals surface area contributed by atoms with Gasteiger partial charge in [-0.25, -0.2) is 4.68 Å². The van der Waals surface area contributed by atoms with Crippen molar-refractivity contribution in [2.45, 2.75) is 12.5 Å². The van der Waals surface area contributed by atoms with Gasteiger partial charge >= 0.3 is 0 Å². The lowest BCUT2D eigenvalue weighted by Gasteiger charge is -2.26. The summed E-state index contributed by atoms with van der Waals surface area (Å²) in [7, 11) is 1.53. The standard InChI is InChI=1S/C20H18BrN3O3/c1-26-18-12-24(14-5-3-2-4-6-14)23-19(18)20(25)22-16-9-10-27-17-8-7-13(21)11-15(16)17/h2-8,11-12,16H,9-10H2,1H3,(H,22,25). The van der Waals surface area contributed by atoms with Crippen molar-refractivity contribution < 1.29 is 14.3 Å².